The molecule has 1 aromatic carbocycles. The van der Waals surface area contributed by atoms with Crippen LogP contribution in [-0.2, 0) is 4.79 Å². The van der Waals surface area contributed by atoms with E-state index in [0.29, 0.717) is 36.7 Å². The molecule has 0 fully saturated rings. The first-order valence-corrected chi connectivity index (χ1v) is 6.90. The molecule has 0 aromatic heterocycles. The van der Waals surface area contributed by atoms with Crippen LogP contribution in [0.2, 0.25) is 0 Å². The number of carboxylic acids is 1. The number of nitrogens with one attached hydrogen (secondary N) is 1. The first kappa shape index (κ1) is 15.2. The maximum atomic E-state index is 12.2. The second-order valence-electron chi connectivity index (χ2n) is 5.35. The molecule has 0 spiro atoms. The molecule has 0 saturated heterocycles. The zero-order valence-corrected chi connectivity index (χ0v) is 12.1. The molecule has 0 aliphatic carbocycles. The Morgan fingerprint density at radius 1 is 1.24 bits per heavy atom. The van der Waals surface area contributed by atoms with Crippen LogP contribution in [0.1, 0.15) is 30.6 Å². The predicted octanol–water partition coefficient (Wildman–Crippen LogP) is 1.69. The van der Waals surface area contributed by atoms with Crippen LogP contribution in [0.5, 0.6) is 11.5 Å². The highest BCUT2D eigenvalue weighted by Crippen LogP contribution is 2.30. The van der Waals surface area contributed by atoms with Gasteiger partial charge in [-0.25, -0.2) is 4.79 Å². The van der Waals surface area contributed by atoms with Crippen molar-refractivity contribution >= 4 is 11.9 Å². The van der Waals surface area contributed by atoms with E-state index in [9.17, 15) is 9.59 Å². The number of hydrogen-bond acceptors (Lipinski definition) is 4. The lowest BCUT2D eigenvalue weighted by atomic mass is 10.0. The van der Waals surface area contributed by atoms with E-state index >= 15 is 0 Å². The van der Waals surface area contributed by atoms with Gasteiger partial charge in [0.05, 0.1) is 0 Å². The highest BCUT2D eigenvalue weighted by atomic mass is 16.6. The Hall–Kier alpha value is -2.24. The molecule has 1 unspecified atom stereocenters. The lowest BCUT2D eigenvalue weighted by Crippen LogP contribution is -2.41. The summed E-state index contributed by atoms with van der Waals surface area (Å²) < 4.78 is 10.8. The van der Waals surface area contributed by atoms with E-state index in [4.69, 9.17) is 14.6 Å². The van der Waals surface area contributed by atoms with Crippen LogP contribution in [0.15, 0.2) is 18.2 Å². The SMILES string of the molecule is CC(C)CC(NC(=O)c1ccc2c(c1)OCCO2)C(=O)O. The Labute approximate surface area is 123 Å². The standard InChI is InChI=1S/C15H19NO5/c1-9(2)7-11(15(18)19)16-14(17)10-3-4-12-13(8-10)21-6-5-20-12/h3-4,8-9,11H,5-7H2,1-2H3,(H,16,17)(H,18,19). The average molecular weight is 293 g/mol. The van der Waals surface area contributed by atoms with Crippen LogP contribution in [0.3, 0.4) is 0 Å². The van der Waals surface area contributed by atoms with E-state index in [2.05, 4.69) is 5.32 Å². The predicted molar refractivity (Wildman–Crippen MR) is 75.8 cm³/mol. The van der Waals surface area contributed by atoms with Crippen LogP contribution in [0.25, 0.3) is 0 Å². The number of carbonyl (C=O) groups is 2. The fraction of sp³-hybridized carbons (Fsp3) is 0.467. The van der Waals surface area contributed by atoms with Crippen LogP contribution in [0, 0.1) is 5.92 Å². The number of aliphatic carboxylic acids is 1. The molecule has 0 saturated carbocycles. The first-order valence-electron chi connectivity index (χ1n) is 6.90. The summed E-state index contributed by atoms with van der Waals surface area (Å²) in [5, 5.41) is 11.7. The van der Waals surface area contributed by atoms with E-state index in [1.165, 1.54) is 0 Å². The number of carbonyl (C=O) groups excluding carboxylic acids is 1. The molecule has 1 atom stereocenters. The van der Waals surface area contributed by atoms with Crippen molar-refractivity contribution in [3.05, 3.63) is 23.8 Å². The summed E-state index contributed by atoms with van der Waals surface area (Å²) in [6.07, 6.45) is 0.381. The smallest absolute Gasteiger partial charge is 0.326 e. The zero-order chi connectivity index (χ0) is 15.4. The fourth-order valence-corrected chi connectivity index (χ4v) is 2.12. The van der Waals surface area contributed by atoms with E-state index in [0.717, 1.165) is 0 Å². The van der Waals surface area contributed by atoms with Crippen LogP contribution < -0.4 is 14.8 Å². The largest absolute Gasteiger partial charge is 0.486 e. The number of carboxylic acid groups (broad SMARTS) is 1. The molecule has 2 rings (SSSR count). The molecule has 6 heteroatoms. The second kappa shape index (κ2) is 6.47. The number of benzene rings is 1. The van der Waals surface area contributed by atoms with Gasteiger partial charge in [0.2, 0.25) is 0 Å². The number of amides is 1. The molecule has 0 radical (unpaired) electrons. The summed E-state index contributed by atoms with van der Waals surface area (Å²) in [4.78, 5) is 23.3. The van der Waals surface area contributed by atoms with Gasteiger partial charge in [-0.3, -0.25) is 4.79 Å². The van der Waals surface area contributed by atoms with Crippen molar-refractivity contribution in [2.24, 2.45) is 5.92 Å². The third-order valence-electron chi connectivity index (χ3n) is 3.11. The first-order chi connectivity index (χ1) is 9.97. The van der Waals surface area contributed by atoms with Gasteiger partial charge in [-0.1, -0.05) is 13.8 Å². The quantitative estimate of drug-likeness (QED) is 0.863. The molecule has 1 aromatic rings. The number of fused-ring (bicyclic) bond motifs is 1. The van der Waals surface area contributed by atoms with Crippen molar-refractivity contribution in [3.8, 4) is 11.5 Å². The second-order valence-corrected chi connectivity index (χ2v) is 5.35. The molecule has 0 bridgehead atoms. The van der Waals surface area contributed by atoms with Crippen molar-refractivity contribution in [2.45, 2.75) is 26.3 Å². The van der Waals surface area contributed by atoms with Crippen molar-refractivity contribution in [2.75, 3.05) is 13.2 Å². The molecule has 1 heterocycles. The molecular weight excluding hydrogens is 274 g/mol. The summed E-state index contributed by atoms with van der Waals surface area (Å²) in [6, 6.07) is 3.92. The third kappa shape index (κ3) is 3.87. The van der Waals surface area contributed by atoms with Gasteiger partial charge in [-0.2, -0.15) is 0 Å². The minimum Gasteiger partial charge on any atom is -0.486 e. The molecule has 114 valence electrons. The Balaban J connectivity index is 2.10. The van der Waals surface area contributed by atoms with Gasteiger partial charge < -0.3 is 19.9 Å². The van der Waals surface area contributed by atoms with E-state index in [1.807, 2.05) is 13.8 Å². The molecule has 21 heavy (non-hydrogen) atoms. The van der Waals surface area contributed by atoms with E-state index in [-0.39, 0.29) is 5.92 Å². The molecule has 1 aliphatic heterocycles. The van der Waals surface area contributed by atoms with Gasteiger partial charge in [0.25, 0.3) is 5.91 Å². The highest BCUT2D eigenvalue weighted by molar-refractivity contribution is 5.97. The molecule has 6 nitrogen and oxygen atoms in total. The number of hydrogen-bond donors (Lipinski definition) is 2. The van der Waals surface area contributed by atoms with Crippen LogP contribution in [0.4, 0.5) is 0 Å². The summed E-state index contributed by atoms with van der Waals surface area (Å²) in [6.45, 7) is 4.73. The van der Waals surface area contributed by atoms with Crippen LogP contribution in [-0.4, -0.2) is 36.2 Å². The van der Waals surface area contributed by atoms with Gasteiger partial charge in [0.1, 0.15) is 19.3 Å². The van der Waals surface area contributed by atoms with E-state index < -0.39 is 17.9 Å². The molecule has 1 aliphatic rings. The fourth-order valence-electron chi connectivity index (χ4n) is 2.12. The van der Waals surface area contributed by atoms with Gasteiger partial charge in [-0.05, 0) is 30.5 Å². The Morgan fingerprint density at radius 2 is 1.90 bits per heavy atom. The number of rotatable bonds is 5. The maximum absolute atomic E-state index is 12.2. The molecule has 1 amide bonds. The van der Waals surface area contributed by atoms with Crippen LogP contribution >= 0.6 is 0 Å². The maximum Gasteiger partial charge on any atom is 0.326 e. The zero-order valence-electron chi connectivity index (χ0n) is 12.1. The lowest BCUT2D eigenvalue weighted by Gasteiger charge is -2.20. The summed E-state index contributed by atoms with van der Waals surface area (Å²) >= 11 is 0. The van der Waals surface area contributed by atoms with Gasteiger partial charge in [0, 0.05) is 5.56 Å². The summed E-state index contributed by atoms with van der Waals surface area (Å²) in [7, 11) is 0. The Kier molecular flexibility index (Phi) is 4.67. The van der Waals surface area contributed by atoms with E-state index in [1.54, 1.807) is 18.2 Å². The van der Waals surface area contributed by atoms with Gasteiger partial charge >= 0.3 is 5.97 Å². The number of ether oxygens (including phenoxy) is 2. The summed E-state index contributed by atoms with van der Waals surface area (Å²) in [5.74, 6) is -0.194. The van der Waals surface area contributed by atoms with Crippen molar-refractivity contribution < 1.29 is 24.2 Å². The third-order valence-corrected chi connectivity index (χ3v) is 3.11. The average Bonchev–Trinajstić information content (AvgIpc) is 2.45. The Bertz CT molecular complexity index is 541. The Morgan fingerprint density at radius 3 is 2.52 bits per heavy atom. The monoisotopic (exact) mass is 293 g/mol. The molecule has 2 N–H and O–H groups in total. The van der Waals surface area contributed by atoms with Gasteiger partial charge in [0.15, 0.2) is 11.5 Å². The van der Waals surface area contributed by atoms with Crippen molar-refractivity contribution in [1.29, 1.82) is 0 Å². The minimum atomic E-state index is -1.03. The topological polar surface area (TPSA) is 84.9 Å². The minimum absolute atomic E-state index is 0.173. The highest BCUT2D eigenvalue weighted by Gasteiger charge is 2.22. The molecular formula is C15H19NO5. The van der Waals surface area contributed by atoms with Gasteiger partial charge in [-0.15, -0.1) is 0 Å². The lowest BCUT2D eigenvalue weighted by molar-refractivity contribution is -0.139. The van der Waals surface area contributed by atoms with Crippen molar-refractivity contribution in [3.63, 3.8) is 0 Å². The normalized spacial score (nSPS) is 14.6. The van der Waals surface area contributed by atoms with Crippen molar-refractivity contribution in [1.82, 2.24) is 5.32 Å². The summed E-state index contributed by atoms with van der Waals surface area (Å²) in [5.41, 5.74) is 0.356.